The van der Waals surface area contributed by atoms with E-state index in [1.54, 1.807) is 0 Å². The molecule has 4 heterocycles. The summed E-state index contributed by atoms with van der Waals surface area (Å²) in [6.07, 6.45) is 3.93. The van der Waals surface area contributed by atoms with Gasteiger partial charge in [0.1, 0.15) is 0 Å². The summed E-state index contributed by atoms with van der Waals surface area (Å²) >= 11 is 0. The predicted molar refractivity (Wildman–Crippen MR) is 87.1 cm³/mol. The molecule has 1 aliphatic carbocycles. The van der Waals surface area contributed by atoms with Crippen molar-refractivity contribution in [2.45, 2.75) is 36.6 Å². The Labute approximate surface area is 136 Å². The van der Waals surface area contributed by atoms with Gasteiger partial charge in [0.15, 0.2) is 6.29 Å². The molecule has 5 aliphatic rings. The topological polar surface area (TPSA) is 44.7 Å². The molecule has 6 unspecified atom stereocenters. The van der Waals surface area contributed by atoms with E-state index in [0.29, 0.717) is 18.6 Å². The van der Waals surface area contributed by atoms with Crippen molar-refractivity contribution in [3.05, 3.63) is 41.5 Å². The highest BCUT2D eigenvalue weighted by molar-refractivity contribution is 5.65. The number of aliphatic hydroxyl groups excluding tert-OH is 1. The first-order valence-corrected chi connectivity index (χ1v) is 8.88. The minimum atomic E-state index is -0.662. The molecule has 1 saturated carbocycles. The van der Waals surface area contributed by atoms with Crippen LogP contribution < -0.4 is 5.32 Å². The summed E-state index contributed by atoms with van der Waals surface area (Å²) in [4.78, 5) is 2.69. The Morgan fingerprint density at radius 2 is 2.22 bits per heavy atom. The van der Waals surface area contributed by atoms with Gasteiger partial charge in [0.05, 0.1) is 6.61 Å². The van der Waals surface area contributed by atoms with Gasteiger partial charge in [0.25, 0.3) is 0 Å². The Morgan fingerprint density at radius 3 is 3.17 bits per heavy atom. The molecule has 0 aromatic heterocycles. The first kappa shape index (κ1) is 13.0. The van der Waals surface area contributed by atoms with Crippen LogP contribution in [0.25, 0.3) is 0 Å². The molecule has 6 atom stereocenters. The van der Waals surface area contributed by atoms with Crippen molar-refractivity contribution < 1.29 is 9.84 Å². The Balaban J connectivity index is 1.59. The molecule has 1 aromatic carbocycles. The number of para-hydroxylation sites is 1. The Bertz CT molecular complexity index is 717. The van der Waals surface area contributed by atoms with Gasteiger partial charge in [-0.3, -0.25) is 4.90 Å². The van der Waals surface area contributed by atoms with Crippen LogP contribution >= 0.6 is 0 Å². The van der Waals surface area contributed by atoms with E-state index in [1.165, 1.54) is 36.2 Å². The van der Waals surface area contributed by atoms with Crippen molar-refractivity contribution in [2.24, 2.45) is 11.8 Å². The molecule has 3 fully saturated rings. The molecular weight excluding hydrogens is 288 g/mol. The molecule has 2 saturated heterocycles. The highest BCUT2D eigenvalue weighted by atomic mass is 16.6. The van der Waals surface area contributed by atoms with Crippen LogP contribution in [0.3, 0.4) is 0 Å². The number of hydrogen-bond donors (Lipinski definition) is 2. The molecule has 1 aromatic rings. The number of piperidine rings is 1. The van der Waals surface area contributed by atoms with E-state index in [1.807, 2.05) is 0 Å². The second-order valence-electron chi connectivity index (χ2n) is 7.87. The minimum Gasteiger partial charge on any atom is -0.381 e. The standard InChI is InChI=1S/C19H22N2O2/c22-18-16-12-9-15-19(6-7-21(15)10-11(12)5-8-23-18)13-3-1-2-4-14(13)20-17(16)19/h1-5,12,15-18,20,22H,6-10H2. The third-order valence-corrected chi connectivity index (χ3v) is 7.27. The fourth-order valence-electron chi connectivity index (χ4n) is 6.45. The lowest BCUT2D eigenvalue weighted by Crippen LogP contribution is -2.64. The smallest absolute Gasteiger partial charge is 0.160 e. The zero-order valence-electron chi connectivity index (χ0n) is 13.1. The SMILES string of the molecule is OC1OCC=C2CN3CCC45c6ccccc6NC4C1C2CC35. The molecule has 4 aliphatic heterocycles. The van der Waals surface area contributed by atoms with Gasteiger partial charge in [-0.2, -0.15) is 0 Å². The molecule has 0 amide bonds. The summed E-state index contributed by atoms with van der Waals surface area (Å²) < 4.78 is 5.75. The molecule has 6 rings (SSSR count). The van der Waals surface area contributed by atoms with Gasteiger partial charge in [-0.1, -0.05) is 29.8 Å². The molecule has 0 radical (unpaired) electrons. The molecule has 4 nitrogen and oxygen atoms in total. The number of hydrogen-bond acceptors (Lipinski definition) is 4. The number of ether oxygens (including phenoxy) is 1. The fraction of sp³-hybridized carbons (Fsp3) is 0.579. The number of nitrogens with zero attached hydrogens (tertiary/aromatic N) is 1. The van der Waals surface area contributed by atoms with Crippen molar-refractivity contribution in [1.82, 2.24) is 4.90 Å². The van der Waals surface area contributed by atoms with Crippen LogP contribution in [0.4, 0.5) is 5.69 Å². The quantitative estimate of drug-likeness (QED) is 0.716. The van der Waals surface area contributed by atoms with Crippen LogP contribution in [0.15, 0.2) is 35.9 Å². The molecule has 23 heavy (non-hydrogen) atoms. The number of rotatable bonds is 0. The van der Waals surface area contributed by atoms with Crippen LogP contribution in [-0.2, 0) is 10.2 Å². The predicted octanol–water partition coefficient (Wildman–Crippen LogP) is 1.72. The van der Waals surface area contributed by atoms with Crippen LogP contribution in [0.1, 0.15) is 18.4 Å². The number of anilines is 1. The highest BCUT2D eigenvalue weighted by Crippen LogP contribution is 2.62. The van der Waals surface area contributed by atoms with Gasteiger partial charge in [0.2, 0.25) is 0 Å². The number of aliphatic hydroxyl groups is 1. The summed E-state index contributed by atoms with van der Waals surface area (Å²) in [6.45, 7) is 2.79. The van der Waals surface area contributed by atoms with Gasteiger partial charge in [-0.05, 0) is 36.9 Å². The van der Waals surface area contributed by atoms with Crippen LogP contribution in [0, 0.1) is 11.8 Å². The van der Waals surface area contributed by atoms with Crippen molar-refractivity contribution in [2.75, 3.05) is 25.0 Å². The second-order valence-corrected chi connectivity index (χ2v) is 7.87. The number of fused-ring (bicyclic) bond motifs is 2. The lowest BCUT2D eigenvalue weighted by atomic mass is 9.55. The van der Waals surface area contributed by atoms with E-state index in [4.69, 9.17) is 4.74 Å². The number of nitrogens with one attached hydrogen (secondary N) is 1. The Kier molecular flexibility index (Phi) is 2.36. The van der Waals surface area contributed by atoms with Crippen LogP contribution in [0.5, 0.6) is 0 Å². The zero-order chi connectivity index (χ0) is 15.2. The fourth-order valence-corrected chi connectivity index (χ4v) is 6.45. The average molecular weight is 310 g/mol. The van der Waals surface area contributed by atoms with Crippen molar-refractivity contribution in [3.63, 3.8) is 0 Å². The van der Waals surface area contributed by atoms with Gasteiger partial charge in [0, 0.05) is 35.6 Å². The maximum Gasteiger partial charge on any atom is 0.160 e. The summed E-state index contributed by atoms with van der Waals surface area (Å²) in [7, 11) is 0. The summed E-state index contributed by atoms with van der Waals surface area (Å²) in [6, 6.07) is 9.68. The van der Waals surface area contributed by atoms with E-state index in [-0.39, 0.29) is 17.4 Å². The lowest BCUT2D eigenvalue weighted by molar-refractivity contribution is -0.152. The van der Waals surface area contributed by atoms with Crippen molar-refractivity contribution in [3.8, 4) is 0 Å². The zero-order valence-corrected chi connectivity index (χ0v) is 13.1. The van der Waals surface area contributed by atoms with Crippen LogP contribution in [-0.4, -0.2) is 48.1 Å². The monoisotopic (exact) mass is 310 g/mol. The van der Waals surface area contributed by atoms with Gasteiger partial charge < -0.3 is 15.2 Å². The highest BCUT2D eigenvalue weighted by Gasteiger charge is 2.66. The van der Waals surface area contributed by atoms with E-state index in [2.05, 4.69) is 40.6 Å². The van der Waals surface area contributed by atoms with E-state index in [9.17, 15) is 5.11 Å². The molecule has 1 spiro atoms. The average Bonchev–Trinajstić information content (AvgIpc) is 3.06. The van der Waals surface area contributed by atoms with E-state index in [0.717, 1.165) is 6.54 Å². The first-order chi connectivity index (χ1) is 11.3. The van der Waals surface area contributed by atoms with E-state index < -0.39 is 6.29 Å². The summed E-state index contributed by atoms with van der Waals surface area (Å²) in [5, 5.41) is 14.6. The second kappa shape index (κ2) is 4.18. The molecular formula is C19H22N2O2. The Morgan fingerprint density at radius 1 is 1.30 bits per heavy atom. The summed E-state index contributed by atoms with van der Waals surface area (Å²) in [5.74, 6) is 0.624. The normalized spacial score (nSPS) is 46.5. The maximum absolute atomic E-state index is 10.8. The third-order valence-electron chi connectivity index (χ3n) is 7.27. The van der Waals surface area contributed by atoms with Crippen LogP contribution in [0.2, 0.25) is 0 Å². The molecule has 2 N–H and O–H groups in total. The minimum absolute atomic E-state index is 0.151. The molecule has 2 bridgehead atoms. The van der Waals surface area contributed by atoms with Gasteiger partial charge in [-0.15, -0.1) is 0 Å². The van der Waals surface area contributed by atoms with E-state index >= 15 is 0 Å². The lowest BCUT2D eigenvalue weighted by Gasteiger charge is -2.55. The van der Waals surface area contributed by atoms with Crippen molar-refractivity contribution in [1.29, 1.82) is 0 Å². The number of benzene rings is 1. The summed E-state index contributed by atoms with van der Waals surface area (Å²) in [5.41, 5.74) is 4.39. The molecule has 4 heteroatoms. The maximum atomic E-state index is 10.8. The van der Waals surface area contributed by atoms with Gasteiger partial charge >= 0.3 is 0 Å². The third kappa shape index (κ3) is 1.40. The first-order valence-electron chi connectivity index (χ1n) is 8.88. The van der Waals surface area contributed by atoms with Crippen molar-refractivity contribution >= 4 is 5.69 Å². The largest absolute Gasteiger partial charge is 0.381 e. The Hall–Kier alpha value is -1.36. The van der Waals surface area contributed by atoms with Gasteiger partial charge in [-0.25, -0.2) is 0 Å². The molecule has 120 valence electrons.